The zero-order valence-electron chi connectivity index (χ0n) is 13.5. The summed E-state index contributed by atoms with van der Waals surface area (Å²) in [7, 11) is 0. The van der Waals surface area contributed by atoms with Crippen molar-refractivity contribution in [3.8, 4) is 17.1 Å². The molecule has 0 aliphatic rings. The van der Waals surface area contributed by atoms with Crippen molar-refractivity contribution in [2.24, 2.45) is 5.73 Å². The Morgan fingerprint density at radius 3 is 2.68 bits per heavy atom. The second-order valence-corrected chi connectivity index (χ2v) is 5.83. The summed E-state index contributed by atoms with van der Waals surface area (Å²) < 4.78 is 2.03. The molecule has 5 heteroatoms. The first kappa shape index (κ1) is 15.1. The molecule has 0 aliphatic carbocycles. The van der Waals surface area contributed by atoms with Gasteiger partial charge < -0.3 is 5.73 Å². The highest BCUT2D eigenvalue weighted by Crippen LogP contribution is 2.28. The molecule has 0 radical (unpaired) electrons. The number of imidazole rings is 1. The predicted octanol–water partition coefficient (Wildman–Crippen LogP) is 3.12. The SMILES string of the molecule is NC(=O)Cc1ccc(-n2ccnc2-c2cccc3cnccc23)cc1. The lowest BCUT2D eigenvalue weighted by atomic mass is 10.1. The van der Waals surface area contributed by atoms with E-state index in [1.54, 1.807) is 12.4 Å². The Morgan fingerprint density at radius 1 is 1.04 bits per heavy atom. The average Bonchev–Trinajstić information content (AvgIpc) is 3.11. The van der Waals surface area contributed by atoms with E-state index in [2.05, 4.69) is 16.0 Å². The van der Waals surface area contributed by atoms with E-state index in [1.165, 1.54) is 0 Å². The Kier molecular flexibility index (Phi) is 3.74. The quantitative estimate of drug-likeness (QED) is 0.625. The van der Waals surface area contributed by atoms with Crippen molar-refractivity contribution in [2.75, 3.05) is 0 Å². The van der Waals surface area contributed by atoms with E-state index >= 15 is 0 Å². The zero-order chi connectivity index (χ0) is 17.2. The summed E-state index contributed by atoms with van der Waals surface area (Å²) >= 11 is 0. The third-order valence-electron chi connectivity index (χ3n) is 4.16. The number of carbonyl (C=O) groups is 1. The van der Waals surface area contributed by atoms with Crippen molar-refractivity contribution in [1.82, 2.24) is 14.5 Å². The molecular formula is C20H16N4O. The largest absolute Gasteiger partial charge is 0.369 e. The fourth-order valence-corrected chi connectivity index (χ4v) is 3.00. The highest BCUT2D eigenvalue weighted by molar-refractivity contribution is 5.94. The van der Waals surface area contributed by atoms with Crippen LogP contribution in [0.15, 0.2) is 73.3 Å². The molecule has 0 atom stereocenters. The average molecular weight is 328 g/mol. The number of amides is 1. The molecule has 0 fully saturated rings. The van der Waals surface area contributed by atoms with Crippen LogP contribution in [0.4, 0.5) is 0 Å². The number of hydrogen-bond donors (Lipinski definition) is 1. The highest BCUT2D eigenvalue weighted by Gasteiger charge is 2.11. The zero-order valence-corrected chi connectivity index (χ0v) is 13.5. The van der Waals surface area contributed by atoms with Gasteiger partial charge in [0.2, 0.25) is 5.91 Å². The third kappa shape index (κ3) is 2.87. The van der Waals surface area contributed by atoms with Crippen molar-refractivity contribution < 1.29 is 4.79 Å². The fourth-order valence-electron chi connectivity index (χ4n) is 3.00. The summed E-state index contributed by atoms with van der Waals surface area (Å²) in [5.41, 5.74) is 8.17. The summed E-state index contributed by atoms with van der Waals surface area (Å²) in [5.74, 6) is 0.528. The molecule has 0 bridgehead atoms. The number of aromatic nitrogens is 3. The van der Waals surface area contributed by atoms with Gasteiger partial charge in [-0.25, -0.2) is 4.98 Å². The van der Waals surface area contributed by atoms with Gasteiger partial charge in [-0.05, 0) is 29.1 Å². The topological polar surface area (TPSA) is 73.8 Å². The first-order chi connectivity index (χ1) is 12.2. The Hall–Kier alpha value is -3.47. The molecule has 25 heavy (non-hydrogen) atoms. The maximum atomic E-state index is 11.0. The van der Waals surface area contributed by atoms with E-state index in [-0.39, 0.29) is 12.3 Å². The number of nitrogens with two attached hydrogens (primary N) is 1. The van der Waals surface area contributed by atoms with Crippen LogP contribution in [-0.4, -0.2) is 20.4 Å². The van der Waals surface area contributed by atoms with E-state index in [1.807, 2.05) is 59.4 Å². The van der Waals surface area contributed by atoms with Crippen LogP contribution in [-0.2, 0) is 11.2 Å². The van der Waals surface area contributed by atoms with Crippen LogP contribution in [0.1, 0.15) is 5.56 Å². The van der Waals surface area contributed by atoms with Crippen LogP contribution in [0.5, 0.6) is 0 Å². The van der Waals surface area contributed by atoms with E-state index in [4.69, 9.17) is 5.73 Å². The van der Waals surface area contributed by atoms with Gasteiger partial charge >= 0.3 is 0 Å². The first-order valence-corrected chi connectivity index (χ1v) is 7.96. The summed E-state index contributed by atoms with van der Waals surface area (Å²) in [6.45, 7) is 0. The molecule has 2 N–H and O–H groups in total. The second-order valence-electron chi connectivity index (χ2n) is 5.83. The lowest BCUT2D eigenvalue weighted by Crippen LogP contribution is -2.13. The maximum Gasteiger partial charge on any atom is 0.221 e. The minimum atomic E-state index is -0.333. The number of hydrogen-bond acceptors (Lipinski definition) is 3. The van der Waals surface area contributed by atoms with E-state index in [0.29, 0.717) is 0 Å². The molecule has 0 saturated heterocycles. The Labute approximate surface area is 144 Å². The van der Waals surface area contributed by atoms with Gasteiger partial charge in [-0.2, -0.15) is 0 Å². The Balaban J connectivity index is 1.79. The van der Waals surface area contributed by atoms with Crippen LogP contribution in [0.3, 0.4) is 0 Å². The number of pyridine rings is 1. The van der Waals surface area contributed by atoms with Crippen LogP contribution >= 0.6 is 0 Å². The summed E-state index contributed by atoms with van der Waals surface area (Å²) in [6.07, 6.45) is 7.60. The number of primary amides is 1. The van der Waals surface area contributed by atoms with Gasteiger partial charge in [0, 0.05) is 41.4 Å². The molecular weight excluding hydrogens is 312 g/mol. The summed E-state index contributed by atoms with van der Waals surface area (Å²) in [5, 5.41) is 2.18. The highest BCUT2D eigenvalue weighted by atomic mass is 16.1. The maximum absolute atomic E-state index is 11.0. The second kappa shape index (κ2) is 6.20. The van der Waals surface area contributed by atoms with Gasteiger partial charge in [0.25, 0.3) is 0 Å². The van der Waals surface area contributed by atoms with Crippen molar-refractivity contribution in [3.63, 3.8) is 0 Å². The number of carbonyl (C=O) groups excluding carboxylic acids is 1. The Bertz CT molecular complexity index is 1050. The molecule has 2 heterocycles. The molecule has 4 rings (SSSR count). The van der Waals surface area contributed by atoms with E-state index < -0.39 is 0 Å². The van der Waals surface area contributed by atoms with Crippen molar-refractivity contribution in [2.45, 2.75) is 6.42 Å². The van der Waals surface area contributed by atoms with Gasteiger partial charge in [0.1, 0.15) is 5.82 Å². The molecule has 1 amide bonds. The smallest absolute Gasteiger partial charge is 0.221 e. The number of nitrogens with zero attached hydrogens (tertiary/aromatic N) is 3. The van der Waals surface area contributed by atoms with E-state index in [9.17, 15) is 4.79 Å². The predicted molar refractivity (Wildman–Crippen MR) is 97.2 cm³/mol. The normalized spacial score (nSPS) is 10.9. The minimum absolute atomic E-state index is 0.243. The summed E-state index contributed by atoms with van der Waals surface area (Å²) in [6, 6.07) is 15.9. The standard InChI is InChI=1S/C20H16N4O/c21-19(25)12-14-4-6-16(7-5-14)24-11-10-23-20(24)18-3-1-2-15-13-22-9-8-17(15)18/h1-11,13H,12H2,(H2,21,25). The van der Waals surface area contributed by atoms with Crippen molar-refractivity contribution >= 4 is 16.7 Å². The fraction of sp³-hybridized carbons (Fsp3) is 0.0500. The van der Waals surface area contributed by atoms with Crippen molar-refractivity contribution in [3.05, 3.63) is 78.9 Å². The lowest BCUT2D eigenvalue weighted by Gasteiger charge is -2.11. The Morgan fingerprint density at radius 2 is 1.88 bits per heavy atom. The van der Waals surface area contributed by atoms with Gasteiger partial charge in [0.05, 0.1) is 6.42 Å². The third-order valence-corrected chi connectivity index (χ3v) is 4.16. The molecule has 0 unspecified atom stereocenters. The molecule has 0 saturated carbocycles. The van der Waals surface area contributed by atoms with E-state index in [0.717, 1.165) is 33.4 Å². The first-order valence-electron chi connectivity index (χ1n) is 7.96. The molecule has 2 aromatic carbocycles. The molecule has 122 valence electrons. The van der Waals surface area contributed by atoms with Gasteiger partial charge in [0.15, 0.2) is 0 Å². The van der Waals surface area contributed by atoms with Gasteiger partial charge in [-0.15, -0.1) is 0 Å². The van der Waals surface area contributed by atoms with Crippen LogP contribution in [0, 0.1) is 0 Å². The van der Waals surface area contributed by atoms with Gasteiger partial charge in [-0.3, -0.25) is 14.3 Å². The van der Waals surface area contributed by atoms with Crippen LogP contribution in [0.2, 0.25) is 0 Å². The number of benzene rings is 2. The summed E-state index contributed by atoms with van der Waals surface area (Å²) in [4.78, 5) is 19.8. The molecule has 0 aliphatic heterocycles. The molecule has 4 aromatic rings. The molecule has 5 nitrogen and oxygen atoms in total. The number of fused-ring (bicyclic) bond motifs is 1. The molecule has 0 spiro atoms. The number of rotatable bonds is 4. The van der Waals surface area contributed by atoms with Crippen LogP contribution < -0.4 is 5.73 Å². The van der Waals surface area contributed by atoms with Crippen LogP contribution in [0.25, 0.3) is 27.8 Å². The molecule has 2 aromatic heterocycles. The van der Waals surface area contributed by atoms with Crippen molar-refractivity contribution in [1.29, 1.82) is 0 Å². The monoisotopic (exact) mass is 328 g/mol. The minimum Gasteiger partial charge on any atom is -0.369 e. The lowest BCUT2D eigenvalue weighted by molar-refractivity contribution is -0.117. The van der Waals surface area contributed by atoms with Gasteiger partial charge in [-0.1, -0.05) is 30.3 Å².